The summed E-state index contributed by atoms with van der Waals surface area (Å²) in [6.45, 7) is 0. The molecule has 122 valence electrons. The molecule has 7 nitrogen and oxygen atoms in total. The SMILES string of the molecule is COc1ccc(Oc2ncnc(NNc3ccccc3)c2N)cc1. The number of nitrogens with two attached hydrogens (primary N) is 1. The Hall–Kier alpha value is -3.48. The first-order valence-corrected chi connectivity index (χ1v) is 7.25. The van der Waals surface area contributed by atoms with Crippen LogP contribution in [-0.2, 0) is 0 Å². The second-order valence-electron chi connectivity index (χ2n) is 4.83. The van der Waals surface area contributed by atoms with Gasteiger partial charge in [-0.1, -0.05) is 18.2 Å². The summed E-state index contributed by atoms with van der Waals surface area (Å²) in [6.07, 6.45) is 1.38. The molecule has 0 spiro atoms. The first-order valence-electron chi connectivity index (χ1n) is 7.25. The number of aromatic nitrogens is 2. The van der Waals surface area contributed by atoms with Gasteiger partial charge in [0.1, 0.15) is 23.5 Å². The summed E-state index contributed by atoms with van der Waals surface area (Å²) < 4.78 is 10.8. The lowest BCUT2D eigenvalue weighted by Gasteiger charge is -2.13. The fraction of sp³-hybridized carbons (Fsp3) is 0.0588. The average Bonchev–Trinajstić information content (AvgIpc) is 2.64. The van der Waals surface area contributed by atoms with Gasteiger partial charge in [-0.05, 0) is 36.4 Å². The summed E-state index contributed by atoms with van der Waals surface area (Å²) in [5, 5.41) is 0. The molecule has 3 rings (SSSR count). The minimum absolute atomic E-state index is 0.271. The molecule has 4 N–H and O–H groups in total. The molecule has 1 aromatic heterocycles. The number of nitrogen functional groups attached to an aromatic ring is 1. The molecule has 0 aliphatic heterocycles. The molecule has 2 aromatic carbocycles. The van der Waals surface area contributed by atoms with E-state index in [2.05, 4.69) is 20.8 Å². The molecule has 3 aromatic rings. The monoisotopic (exact) mass is 323 g/mol. The molecular formula is C17H17N5O2. The fourth-order valence-corrected chi connectivity index (χ4v) is 1.97. The van der Waals surface area contributed by atoms with Crippen LogP contribution in [0.2, 0.25) is 0 Å². The zero-order chi connectivity index (χ0) is 16.8. The molecule has 0 radical (unpaired) electrons. The van der Waals surface area contributed by atoms with E-state index in [4.69, 9.17) is 15.2 Å². The van der Waals surface area contributed by atoms with Crippen LogP contribution in [0.4, 0.5) is 17.2 Å². The van der Waals surface area contributed by atoms with Gasteiger partial charge >= 0.3 is 0 Å². The Morgan fingerprint density at radius 2 is 1.58 bits per heavy atom. The van der Waals surface area contributed by atoms with E-state index in [9.17, 15) is 0 Å². The summed E-state index contributed by atoms with van der Waals surface area (Å²) in [5.74, 6) is 2.04. The Bertz CT molecular complexity index is 794. The number of nitrogens with zero attached hydrogens (tertiary/aromatic N) is 2. The molecule has 0 aliphatic carbocycles. The first kappa shape index (κ1) is 15.4. The molecule has 0 amide bonds. The summed E-state index contributed by atoms with van der Waals surface area (Å²) in [4.78, 5) is 8.19. The molecule has 0 fully saturated rings. The largest absolute Gasteiger partial charge is 0.497 e. The first-order chi connectivity index (χ1) is 11.8. The van der Waals surface area contributed by atoms with Crippen molar-refractivity contribution in [2.24, 2.45) is 0 Å². The predicted octanol–water partition coefficient (Wildman–Crippen LogP) is 3.30. The second kappa shape index (κ2) is 7.19. The number of nitrogens with one attached hydrogen (secondary N) is 2. The highest BCUT2D eigenvalue weighted by atomic mass is 16.5. The highest BCUT2D eigenvalue weighted by molar-refractivity contribution is 5.68. The molecule has 0 saturated heterocycles. The topological polar surface area (TPSA) is 94.3 Å². The van der Waals surface area contributed by atoms with E-state index < -0.39 is 0 Å². The number of benzene rings is 2. The third-order valence-electron chi connectivity index (χ3n) is 3.22. The molecule has 0 unspecified atom stereocenters. The number of ether oxygens (including phenoxy) is 2. The molecule has 0 atom stereocenters. The van der Waals surface area contributed by atoms with Crippen LogP contribution in [0.5, 0.6) is 17.4 Å². The van der Waals surface area contributed by atoms with Gasteiger partial charge < -0.3 is 15.2 Å². The van der Waals surface area contributed by atoms with Gasteiger partial charge in [-0.25, -0.2) is 4.98 Å². The van der Waals surface area contributed by atoms with E-state index >= 15 is 0 Å². The van der Waals surface area contributed by atoms with E-state index in [-0.39, 0.29) is 5.88 Å². The van der Waals surface area contributed by atoms with Crippen molar-refractivity contribution in [3.8, 4) is 17.4 Å². The van der Waals surface area contributed by atoms with Crippen molar-refractivity contribution in [1.29, 1.82) is 0 Å². The van der Waals surface area contributed by atoms with Crippen LogP contribution in [-0.4, -0.2) is 17.1 Å². The maximum atomic E-state index is 6.07. The van der Waals surface area contributed by atoms with Gasteiger partial charge in [0.2, 0.25) is 5.88 Å². The van der Waals surface area contributed by atoms with Crippen LogP contribution >= 0.6 is 0 Å². The number of anilines is 3. The van der Waals surface area contributed by atoms with Crippen molar-refractivity contribution in [3.05, 3.63) is 60.9 Å². The molecule has 0 aliphatic rings. The van der Waals surface area contributed by atoms with E-state index in [1.165, 1.54) is 6.33 Å². The highest BCUT2D eigenvalue weighted by Gasteiger charge is 2.10. The quantitative estimate of drug-likeness (QED) is 0.599. The van der Waals surface area contributed by atoms with Crippen LogP contribution in [0.25, 0.3) is 0 Å². The van der Waals surface area contributed by atoms with Gasteiger partial charge in [-0.15, -0.1) is 0 Å². The Morgan fingerprint density at radius 1 is 0.875 bits per heavy atom. The van der Waals surface area contributed by atoms with Gasteiger partial charge in [0.15, 0.2) is 5.82 Å². The summed E-state index contributed by atoms with van der Waals surface area (Å²) in [6, 6.07) is 16.7. The Balaban J connectivity index is 1.72. The predicted molar refractivity (Wildman–Crippen MR) is 93.2 cm³/mol. The maximum Gasteiger partial charge on any atom is 0.248 e. The van der Waals surface area contributed by atoms with Crippen molar-refractivity contribution in [1.82, 2.24) is 9.97 Å². The lowest BCUT2D eigenvalue weighted by Crippen LogP contribution is -2.12. The van der Waals surface area contributed by atoms with Crippen molar-refractivity contribution in [2.45, 2.75) is 0 Å². The number of hydrazine groups is 1. The van der Waals surface area contributed by atoms with Gasteiger partial charge in [0.25, 0.3) is 0 Å². The third-order valence-corrected chi connectivity index (χ3v) is 3.22. The highest BCUT2D eigenvalue weighted by Crippen LogP contribution is 2.30. The van der Waals surface area contributed by atoms with Crippen molar-refractivity contribution < 1.29 is 9.47 Å². The van der Waals surface area contributed by atoms with E-state index in [1.54, 1.807) is 31.4 Å². The molecular weight excluding hydrogens is 306 g/mol. The minimum Gasteiger partial charge on any atom is -0.497 e. The molecule has 1 heterocycles. The van der Waals surface area contributed by atoms with E-state index in [1.807, 2.05) is 30.3 Å². The Kier molecular flexibility index (Phi) is 4.62. The molecule has 24 heavy (non-hydrogen) atoms. The Morgan fingerprint density at radius 3 is 2.29 bits per heavy atom. The second-order valence-corrected chi connectivity index (χ2v) is 4.83. The zero-order valence-corrected chi connectivity index (χ0v) is 13.1. The minimum atomic E-state index is 0.271. The van der Waals surface area contributed by atoms with Crippen molar-refractivity contribution in [3.63, 3.8) is 0 Å². The number of hydrogen-bond donors (Lipinski definition) is 3. The van der Waals surface area contributed by atoms with Crippen LogP contribution < -0.4 is 26.1 Å². The summed E-state index contributed by atoms with van der Waals surface area (Å²) in [5.41, 5.74) is 13.2. The van der Waals surface area contributed by atoms with Crippen LogP contribution in [0, 0.1) is 0 Å². The molecule has 0 saturated carbocycles. The number of hydrogen-bond acceptors (Lipinski definition) is 7. The molecule has 0 bridgehead atoms. The van der Waals surface area contributed by atoms with Crippen LogP contribution in [0.15, 0.2) is 60.9 Å². The number of para-hydroxylation sites is 1. The van der Waals surface area contributed by atoms with Crippen molar-refractivity contribution in [2.75, 3.05) is 23.7 Å². The van der Waals surface area contributed by atoms with Crippen molar-refractivity contribution >= 4 is 17.2 Å². The lowest BCUT2D eigenvalue weighted by atomic mass is 10.3. The molecule has 7 heteroatoms. The third kappa shape index (κ3) is 3.64. The normalized spacial score (nSPS) is 10.0. The lowest BCUT2D eigenvalue weighted by molar-refractivity contribution is 0.412. The van der Waals surface area contributed by atoms with Gasteiger partial charge in [0, 0.05) is 0 Å². The van der Waals surface area contributed by atoms with Gasteiger partial charge in [-0.2, -0.15) is 4.98 Å². The standard InChI is InChI=1S/C17H17N5O2/c1-23-13-7-9-14(10-8-13)24-17-15(18)16(19-11-20-17)22-21-12-5-3-2-4-6-12/h2-11,21H,18H2,1H3,(H,19,20,22). The average molecular weight is 323 g/mol. The summed E-state index contributed by atoms with van der Waals surface area (Å²) in [7, 11) is 1.61. The maximum absolute atomic E-state index is 6.07. The van der Waals surface area contributed by atoms with E-state index in [0.29, 0.717) is 17.3 Å². The van der Waals surface area contributed by atoms with E-state index in [0.717, 1.165) is 11.4 Å². The smallest absolute Gasteiger partial charge is 0.248 e. The van der Waals surface area contributed by atoms with Crippen LogP contribution in [0.1, 0.15) is 0 Å². The zero-order valence-electron chi connectivity index (χ0n) is 13.1. The fourth-order valence-electron chi connectivity index (χ4n) is 1.97. The van der Waals surface area contributed by atoms with Gasteiger partial charge in [-0.3, -0.25) is 10.9 Å². The summed E-state index contributed by atoms with van der Waals surface area (Å²) >= 11 is 0. The van der Waals surface area contributed by atoms with Crippen LogP contribution in [0.3, 0.4) is 0 Å². The number of methoxy groups -OCH3 is 1. The Labute approximate surface area is 139 Å². The van der Waals surface area contributed by atoms with Gasteiger partial charge in [0.05, 0.1) is 12.8 Å². The number of rotatable bonds is 6.